The molecule has 0 spiro atoms. The van der Waals surface area contributed by atoms with Crippen molar-refractivity contribution in [1.82, 2.24) is 0 Å². The van der Waals surface area contributed by atoms with Gasteiger partial charge in [0.2, 0.25) is 0 Å². The van der Waals surface area contributed by atoms with Gasteiger partial charge in [0.05, 0.1) is 8.45 Å². The number of nitrogens with one attached hydrogen (secondary N) is 1. The molecule has 0 saturated carbocycles. The molecule has 0 aliphatic heterocycles. The van der Waals surface area contributed by atoms with Crippen LogP contribution in [0.2, 0.25) is 0 Å². The smallest absolute Gasteiger partial charge is 0.256 e. The van der Waals surface area contributed by atoms with Gasteiger partial charge in [0.15, 0.2) is 0 Å². The largest absolute Gasteiger partial charge is 0.322 e. The van der Waals surface area contributed by atoms with Crippen molar-refractivity contribution in [2.24, 2.45) is 0 Å². The molecule has 5 heteroatoms. The number of hydrogen-bond donors (Lipinski definition) is 1. The minimum Gasteiger partial charge on any atom is -0.322 e. The van der Waals surface area contributed by atoms with Crippen molar-refractivity contribution in [3.8, 4) is 0 Å². The molecular formula is C12H9BrINOS. The molecule has 1 aromatic carbocycles. The summed E-state index contributed by atoms with van der Waals surface area (Å²) in [5.41, 5.74) is 2.59. The van der Waals surface area contributed by atoms with Crippen LogP contribution in [0, 0.1) is 9.81 Å². The van der Waals surface area contributed by atoms with Crippen LogP contribution in [0.3, 0.4) is 0 Å². The molecule has 0 saturated heterocycles. The van der Waals surface area contributed by atoms with Crippen molar-refractivity contribution >= 4 is 61.5 Å². The van der Waals surface area contributed by atoms with Crippen molar-refractivity contribution in [3.05, 3.63) is 48.1 Å². The first-order valence-electron chi connectivity index (χ1n) is 4.88. The predicted molar refractivity (Wildman–Crippen MR) is 83.9 cm³/mol. The fourth-order valence-electron chi connectivity index (χ4n) is 1.35. The topological polar surface area (TPSA) is 29.1 Å². The van der Waals surface area contributed by atoms with Gasteiger partial charge in [0, 0.05) is 15.5 Å². The first-order chi connectivity index (χ1) is 8.06. The first-order valence-corrected chi connectivity index (χ1v) is 7.63. The Kier molecular flexibility index (Phi) is 4.22. The lowest BCUT2D eigenvalue weighted by Crippen LogP contribution is -2.11. The molecule has 2 aromatic rings. The van der Waals surface area contributed by atoms with Crippen molar-refractivity contribution in [2.45, 2.75) is 6.92 Å². The summed E-state index contributed by atoms with van der Waals surface area (Å²) in [7, 11) is 0. The Hall–Kier alpha value is -0.400. The quantitative estimate of drug-likeness (QED) is 0.701. The van der Waals surface area contributed by atoms with Crippen molar-refractivity contribution in [2.75, 3.05) is 5.32 Å². The van der Waals surface area contributed by atoms with Gasteiger partial charge in [-0.15, -0.1) is 11.3 Å². The summed E-state index contributed by atoms with van der Waals surface area (Å²) in [5.74, 6) is -0.0645. The van der Waals surface area contributed by atoms with Crippen LogP contribution in [0.25, 0.3) is 0 Å². The highest BCUT2D eigenvalue weighted by molar-refractivity contribution is 14.1. The van der Waals surface area contributed by atoms with Crippen molar-refractivity contribution in [1.29, 1.82) is 0 Å². The summed E-state index contributed by atoms with van der Waals surface area (Å²) >= 11 is 7.17. The van der Waals surface area contributed by atoms with Gasteiger partial charge in [0.25, 0.3) is 5.91 Å². The fraction of sp³-hybridized carbons (Fsp3) is 0.0833. The summed E-state index contributed by atoms with van der Waals surface area (Å²) < 4.78 is 2.07. The third kappa shape index (κ3) is 3.29. The van der Waals surface area contributed by atoms with Gasteiger partial charge in [-0.25, -0.2) is 0 Å². The minimum absolute atomic E-state index is 0.0645. The fourth-order valence-corrected chi connectivity index (χ4v) is 3.04. The summed E-state index contributed by atoms with van der Waals surface area (Å²) in [6, 6.07) is 7.72. The van der Waals surface area contributed by atoms with Crippen LogP contribution in [-0.2, 0) is 0 Å². The van der Waals surface area contributed by atoms with Crippen LogP contribution in [0.15, 0.2) is 34.1 Å². The second-order valence-electron chi connectivity index (χ2n) is 3.55. The molecule has 0 aliphatic carbocycles. The average molecular weight is 422 g/mol. The second-order valence-corrected chi connectivity index (χ2v) is 7.27. The monoisotopic (exact) mass is 421 g/mol. The van der Waals surface area contributed by atoms with Gasteiger partial charge < -0.3 is 5.32 Å². The highest BCUT2D eigenvalue weighted by atomic mass is 127. The van der Waals surface area contributed by atoms with E-state index in [0.29, 0.717) is 5.56 Å². The lowest BCUT2D eigenvalue weighted by atomic mass is 10.2. The molecule has 0 bridgehead atoms. The standard InChI is InChI=1S/C12H9BrINOS/c1-7-2-3-9(13)5-10(7)15-12(16)8-4-11(14)17-6-8/h2-6H,1H3,(H,15,16). The SMILES string of the molecule is Cc1ccc(Br)cc1NC(=O)c1csc(I)c1. The number of benzene rings is 1. The zero-order valence-corrected chi connectivity index (χ0v) is 13.5. The van der Waals surface area contributed by atoms with E-state index in [2.05, 4.69) is 43.8 Å². The molecule has 2 nitrogen and oxygen atoms in total. The molecule has 0 atom stereocenters. The normalized spacial score (nSPS) is 10.3. The number of hydrogen-bond acceptors (Lipinski definition) is 2. The van der Waals surface area contributed by atoms with E-state index in [-0.39, 0.29) is 5.91 Å². The molecule has 0 fully saturated rings. The number of carbonyl (C=O) groups is 1. The summed E-state index contributed by atoms with van der Waals surface area (Å²) in [4.78, 5) is 12.0. The highest BCUT2D eigenvalue weighted by Gasteiger charge is 2.09. The van der Waals surface area contributed by atoms with E-state index in [1.54, 1.807) is 11.3 Å². The van der Waals surface area contributed by atoms with Gasteiger partial charge in [0.1, 0.15) is 0 Å². The molecule has 88 valence electrons. The molecule has 0 unspecified atom stereocenters. The van der Waals surface area contributed by atoms with E-state index in [0.717, 1.165) is 18.6 Å². The van der Waals surface area contributed by atoms with Gasteiger partial charge in [-0.05, 0) is 53.3 Å². The Morgan fingerprint density at radius 1 is 1.41 bits per heavy atom. The Labute approximate surface area is 126 Å². The zero-order valence-electron chi connectivity index (χ0n) is 8.96. The van der Waals surface area contributed by atoms with E-state index in [1.807, 2.05) is 36.6 Å². The number of aryl methyl sites for hydroxylation is 1. The number of thiophene rings is 1. The Bertz CT molecular complexity index is 567. The maximum absolute atomic E-state index is 12.0. The molecule has 1 N–H and O–H groups in total. The van der Waals surface area contributed by atoms with Crippen LogP contribution in [0.5, 0.6) is 0 Å². The first kappa shape index (κ1) is 13.0. The zero-order chi connectivity index (χ0) is 12.4. The summed E-state index contributed by atoms with van der Waals surface area (Å²) in [6.45, 7) is 1.97. The van der Waals surface area contributed by atoms with Gasteiger partial charge in [-0.2, -0.15) is 0 Å². The van der Waals surface area contributed by atoms with E-state index in [1.165, 1.54) is 0 Å². The Morgan fingerprint density at radius 3 is 2.82 bits per heavy atom. The summed E-state index contributed by atoms with van der Waals surface area (Å²) in [5, 5.41) is 4.78. The lowest BCUT2D eigenvalue weighted by Gasteiger charge is -2.07. The van der Waals surface area contributed by atoms with Crippen LogP contribution >= 0.6 is 49.9 Å². The lowest BCUT2D eigenvalue weighted by molar-refractivity contribution is 0.102. The number of anilines is 1. The summed E-state index contributed by atoms with van der Waals surface area (Å²) in [6.07, 6.45) is 0. The molecular weight excluding hydrogens is 413 g/mol. The second kappa shape index (κ2) is 5.49. The third-order valence-electron chi connectivity index (χ3n) is 2.28. The maximum Gasteiger partial charge on any atom is 0.256 e. The van der Waals surface area contributed by atoms with Crippen molar-refractivity contribution in [3.63, 3.8) is 0 Å². The number of amides is 1. The Morgan fingerprint density at radius 2 is 2.18 bits per heavy atom. The Balaban J connectivity index is 2.21. The van der Waals surface area contributed by atoms with Gasteiger partial charge in [-0.1, -0.05) is 22.0 Å². The van der Waals surface area contributed by atoms with Crippen LogP contribution in [0.4, 0.5) is 5.69 Å². The number of halogens is 2. The molecule has 1 heterocycles. The molecule has 1 aromatic heterocycles. The molecule has 17 heavy (non-hydrogen) atoms. The van der Waals surface area contributed by atoms with E-state index < -0.39 is 0 Å². The predicted octanol–water partition coefficient (Wildman–Crippen LogP) is 4.68. The van der Waals surface area contributed by atoms with E-state index in [4.69, 9.17) is 0 Å². The van der Waals surface area contributed by atoms with Gasteiger partial charge >= 0.3 is 0 Å². The van der Waals surface area contributed by atoms with Crippen molar-refractivity contribution < 1.29 is 4.79 Å². The maximum atomic E-state index is 12.0. The highest BCUT2D eigenvalue weighted by Crippen LogP contribution is 2.22. The van der Waals surface area contributed by atoms with Crippen LogP contribution < -0.4 is 5.32 Å². The molecule has 0 aliphatic rings. The third-order valence-corrected chi connectivity index (χ3v) is 4.56. The molecule has 0 radical (unpaired) electrons. The average Bonchev–Trinajstić information content (AvgIpc) is 2.70. The van der Waals surface area contributed by atoms with E-state index >= 15 is 0 Å². The molecule has 2 rings (SSSR count). The van der Waals surface area contributed by atoms with E-state index in [9.17, 15) is 4.79 Å². The van der Waals surface area contributed by atoms with Crippen LogP contribution in [-0.4, -0.2) is 5.91 Å². The van der Waals surface area contributed by atoms with Crippen LogP contribution in [0.1, 0.15) is 15.9 Å². The van der Waals surface area contributed by atoms with Gasteiger partial charge in [-0.3, -0.25) is 4.79 Å². The minimum atomic E-state index is -0.0645. The number of rotatable bonds is 2. The number of carbonyl (C=O) groups excluding carboxylic acids is 1. The molecule has 1 amide bonds.